The molecule has 4 saturated heterocycles. The molecule has 17 heavy (non-hydrogen) atoms. The van der Waals surface area contributed by atoms with E-state index in [9.17, 15) is 9.59 Å². The first-order valence-electron chi connectivity index (χ1n) is 5.89. The minimum Gasteiger partial charge on any atom is -0.393 e. The maximum absolute atomic E-state index is 11.8. The van der Waals surface area contributed by atoms with Gasteiger partial charge in [0, 0.05) is 0 Å². The van der Waals surface area contributed by atoms with Crippen molar-refractivity contribution in [2.75, 3.05) is 13.2 Å². The topological polar surface area (TPSA) is 71.1 Å². The van der Waals surface area contributed by atoms with Gasteiger partial charge >= 0.3 is 11.9 Å². The number of esters is 2. The average Bonchev–Trinajstić information content (AvgIpc) is 3.02. The maximum atomic E-state index is 11.8. The van der Waals surface area contributed by atoms with Crippen LogP contribution >= 0.6 is 0 Å². The summed E-state index contributed by atoms with van der Waals surface area (Å²) in [4.78, 5) is 23.4. The molecule has 2 bridgehead atoms. The summed E-state index contributed by atoms with van der Waals surface area (Å²) in [5, 5.41) is 0. The molecule has 4 heterocycles. The molecule has 0 aromatic carbocycles. The number of rotatable bonds is 1. The molecule has 0 unspecified atom stereocenters. The van der Waals surface area contributed by atoms with Crippen LogP contribution in [0.15, 0.2) is 0 Å². The second-order valence-electron chi connectivity index (χ2n) is 4.97. The van der Waals surface area contributed by atoms with Crippen LogP contribution in [0, 0.1) is 11.8 Å². The number of carbonyl (C=O) groups is 2. The van der Waals surface area contributed by atoms with E-state index in [2.05, 4.69) is 0 Å². The van der Waals surface area contributed by atoms with Crippen LogP contribution in [0.2, 0.25) is 0 Å². The number of hydrogen-bond donors (Lipinski definition) is 0. The van der Waals surface area contributed by atoms with Gasteiger partial charge in [-0.05, 0) is 12.8 Å². The Morgan fingerprint density at radius 2 is 1.88 bits per heavy atom. The molecule has 6 nitrogen and oxygen atoms in total. The van der Waals surface area contributed by atoms with Gasteiger partial charge in [0.05, 0.1) is 25.2 Å². The third-order valence-corrected chi connectivity index (χ3v) is 4.22. The van der Waals surface area contributed by atoms with E-state index in [-0.39, 0.29) is 6.10 Å². The van der Waals surface area contributed by atoms with Crippen LogP contribution in [0.1, 0.15) is 12.8 Å². The highest BCUT2D eigenvalue weighted by Gasteiger charge is 2.72. The quantitative estimate of drug-likeness (QED) is 0.459. The van der Waals surface area contributed by atoms with Crippen LogP contribution < -0.4 is 0 Å². The van der Waals surface area contributed by atoms with Crippen LogP contribution in [-0.2, 0) is 28.5 Å². The van der Waals surface area contributed by atoms with Crippen LogP contribution in [0.4, 0.5) is 0 Å². The first-order valence-corrected chi connectivity index (χ1v) is 5.89. The first kappa shape index (κ1) is 9.99. The Morgan fingerprint density at radius 1 is 1.12 bits per heavy atom. The monoisotopic (exact) mass is 240 g/mol. The minimum absolute atomic E-state index is 0.216. The second-order valence-corrected chi connectivity index (χ2v) is 4.97. The molecule has 0 amide bonds. The van der Waals surface area contributed by atoms with E-state index in [0.29, 0.717) is 19.6 Å². The van der Waals surface area contributed by atoms with Crippen molar-refractivity contribution in [2.24, 2.45) is 11.8 Å². The largest absolute Gasteiger partial charge is 0.393 e. The van der Waals surface area contributed by atoms with Crippen molar-refractivity contribution in [3.05, 3.63) is 0 Å². The summed E-state index contributed by atoms with van der Waals surface area (Å²) in [7, 11) is 0. The van der Waals surface area contributed by atoms with Crippen LogP contribution in [0.5, 0.6) is 0 Å². The second kappa shape index (κ2) is 3.07. The molecular weight excluding hydrogens is 228 g/mol. The molecule has 0 aromatic rings. The Kier molecular flexibility index (Phi) is 1.80. The molecule has 4 aliphatic heterocycles. The summed E-state index contributed by atoms with van der Waals surface area (Å²) in [6.07, 6.45) is 0.686. The third kappa shape index (κ3) is 1.06. The minimum atomic E-state index is -0.797. The fraction of sp³-hybridized carbons (Fsp3) is 0.818. The van der Waals surface area contributed by atoms with Gasteiger partial charge in [-0.3, -0.25) is 9.59 Å². The molecule has 4 fully saturated rings. The van der Waals surface area contributed by atoms with E-state index >= 15 is 0 Å². The molecule has 4 atom stereocenters. The van der Waals surface area contributed by atoms with Gasteiger partial charge in [-0.15, -0.1) is 0 Å². The van der Waals surface area contributed by atoms with E-state index in [0.717, 1.165) is 6.42 Å². The number of cyclic esters (lactones) is 2. The summed E-state index contributed by atoms with van der Waals surface area (Å²) < 4.78 is 21.6. The van der Waals surface area contributed by atoms with E-state index in [1.165, 1.54) is 0 Å². The van der Waals surface area contributed by atoms with Gasteiger partial charge in [-0.1, -0.05) is 0 Å². The van der Waals surface area contributed by atoms with Crippen molar-refractivity contribution < 1.29 is 28.5 Å². The fourth-order valence-electron chi connectivity index (χ4n) is 3.59. The Morgan fingerprint density at radius 3 is 2.65 bits per heavy atom. The number of fused-ring (bicyclic) bond motifs is 5. The third-order valence-electron chi connectivity index (χ3n) is 4.22. The van der Waals surface area contributed by atoms with E-state index in [4.69, 9.17) is 18.9 Å². The van der Waals surface area contributed by atoms with Crippen LogP contribution in [0.25, 0.3) is 0 Å². The zero-order valence-corrected chi connectivity index (χ0v) is 9.09. The Labute approximate surface area is 97.1 Å². The van der Waals surface area contributed by atoms with Crippen LogP contribution in [-0.4, -0.2) is 43.1 Å². The normalized spacial score (nSPS) is 48.8. The van der Waals surface area contributed by atoms with Crippen molar-refractivity contribution in [1.29, 1.82) is 0 Å². The maximum Gasteiger partial charge on any atom is 0.320 e. The predicted molar refractivity (Wildman–Crippen MR) is 50.6 cm³/mol. The molecule has 4 rings (SSSR count). The lowest BCUT2D eigenvalue weighted by molar-refractivity contribution is -0.199. The highest BCUT2D eigenvalue weighted by Crippen LogP contribution is 2.57. The summed E-state index contributed by atoms with van der Waals surface area (Å²) >= 11 is 0. The summed E-state index contributed by atoms with van der Waals surface area (Å²) in [6, 6.07) is 0. The lowest BCUT2D eigenvalue weighted by atomic mass is 9.72. The van der Waals surface area contributed by atoms with Gasteiger partial charge in [0.1, 0.15) is 11.5 Å². The summed E-state index contributed by atoms with van der Waals surface area (Å²) in [5.41, 5.74) is -0.797. The van der Waals surface area contributed by atoms with E-state index in [1.807, 2.05) is 0 Å². The van der Waals surface area contributed by atoms with Gasteiger partial charge in [-0.25, -0.2) is 0 Å². The smallest absolute Gasteiger partial charge is 0.320 e. The van der Waals surface area contributed by atoms with Crippen LogP contribution in [0.3, 0.4) is 0 Å². The van der Waals surface area contributed by atoms with Gasteiger partial charge in [0.25, 0.3) is 0 Å². The van der Waals surface area contributed by atoms with E-state index in [1.54, 1.807) is 0 Å². The number of ether oxygens (including phenoxy) is 4. The molecule has 0 aliphatic carbocycles. The molecule has 0 aromatic heterocycles. The lowest BCUT2D eigenvalue weighted by Gasteiger charge is -2.33. The van der Waals surface area contributed by atoms with Crippen molar-refractivity contribution >= 4 is 11.9 Å². The van der Waals surface area contributed by atoms with Gasteiger partial charge in [-0.2, -0.15) is 0 Å². The molecule has 0 radical (unpaired) electrons. The fourth-order valence-corrected chi connectivity index (χ4v) is 3.59. The zero-order chi connectivity index (χ0) is 11.6. The Hall–Kier alpha value is -0.980. The highest BCUT2D eigenvalue weighted by molar-refractivity contribution is 5.98. The number of carbonyl (C=O) groups excluding carboxylic acids is 2. The van der Waals surface area contributed by atoms with Crippen molar-refractivity contribution in [3.8, 4) is 0 Å². The zero-order valence-electron chi connectivity index (χ0n) is 9.09. The van der Waals surface area contributed by atoms with Crippen molar-refractivity contribution in [2.45, 2.75) is 30.8 Å². The predicted octanol–water partition coefficient (Wildman–Crippen LogP) is -0.394. The molecular formula is C11H12O6. The average molecular weight is 240 g/mol. The van der Waals surface area contributed by atoms with Gasteiger partial charge in [0.15, 0.2) is 6.29 Å². The van der Waals surface area contributed by atoms with E-state index < -0.39 is 35.7 Å². The first-order chi connectivity index (χ1) is 8.22. The standard InChI is InChI=1S/C11H12O6/c12-8-6-5-1-2-11(17-5,7(6)9(13)16-8)10-14-3-4-15-10/h5-7,10H,1-4H2/t5-,6-,7+,11-/m1/s1. The molecule has 92 valence electrons. The lowest BCUT2D eigenvalue weighted by Crippen LogP contribution is -2.49. The Balaban J connectivity index is 1.76. The highest BCUT2D eigenvalue weighted by atomic mass is 16.7. The number of hydrogen-bond acceptors (Lipinski definition) is 6. The molecule has 0 N–H and O–H groups in total. The SMILES string of the molecule is O=C1OC(=O)[C@@H]2[C@H]1[C@H]1CC[C@@]2(C2OCCO2)O1. The van der Waals surface area contributed by atoms with Gasteiger partial charge in [0.2, 0.25) is 0 Å². The molecule has 4 aliphatic rings. The van der Waals surface area contributed by atoms with Crippen molar-refractivity contribution in [3.63, 3.8) is 0 Å². The van der Waals surface area contributed by atoms with Gasteiger partial charge < -0.3 is 18.9 Å². The molecule has 0 saturated carbocycles. The molecule has 6 heteroatoms. The molecule has 0 spiro atoms. The Bertz CT molecular complexity index is 401. The van der Waals surface area contributed by atoms with Crippen molar-refractivity contribution in [1.82, 2.24) is 0 Å². The summed E-state index contributed by atoms with van der Waals surface area (Å²) in [5.74, 6) is -1.94. The summed E-state index contributed by atoms with van der Waals surface area (Å²) in [6.45, 7) is 1.00.